The number of halogens is 6. The van der Waals surface area contributed by atoms with Gasteiger partial charge in [0.25, 0.3) is 0 Å². The fraction of sp³-hybridized carbons (Fsp3) is 0.444. The van der Waals surface area contributed by atoms with Crippen LogP contribution in [0.25, 0.3) is 0 Å². The highest BCUT2D eigenvalue weighted by atomic mass is 31.1. The first kappa shape index (κ1) is 52.4. The number of hydrogen-bond acceptors (Lipinski definition) is 2. The molecule has 0 spiro atoms. The Bertz CT molecular complexity index is 2110. The van der Waals surface area contributed by atoms with E-state index in [1.807, 2.05) is 41.5 Å². The number of aryl methyl sites for hydroxylation is 12. The Morgan fingerprint density at radius 3 is 0.781 bits per heavy atom. The summed E-state index contributed by atoms with van der Waals surface area (Å²) in [5, 5.41) is 0.261. The maximum absolute atomic E-state index is 12.5. The Hall–Kier alpha value is -4.23. The van der Waals surface area contributed by atoms with Gasteiger partial charge in [-0.05, 0) is 125 Å². The predicted molar refractivity (Wildman–Crippen MR) is 264 cm³/mol. The molecule has 0 amide bonds. The molecule has 0 fully saturated rings. The molecule has 5 aromatic carbocycles. The maximum atomic E-state index is 12.5. The van der Waals surface area contributed by atoms with E-state index < -0.39 is 39.6 Å². The molecule has 5 rings (SSSR count). The van der Waals surface area contributed by atoms with Crippen molar-refractivity contribution in [2.75, 3.05) is 13.2 Å². The Morgan fingerprint density at radius 2 is 0.594 bits per heavy atom. The highest BCUT2D eigenvalue weighted by Crippen LogP contribution is 2.58. The molecule has 348 valence electrons. The maximum Gasteiger partial charge on any atom is 0.422 e. The van der Waals surface area contributed by atoms with Crippen LogP contribution in [0, 0.1) is 83.1 Å². The van der Waals surface area contributed by atoms with Gasteiger partial charge < -0.3 is 9.47 Å². The molecule has 10 heteroatoms. The lowest BCUT2D eigenvalue weighted by molar-refractivity contribution is -0.153. The molecule has 0 aliphatic heterocycles. The number of hydrogen-bond donors (Lipinski definition) is 0. The molecule has 0 saturated heterocycles. The molecule has 0 aromatic heterocycles. The smallest absolute Gasteiger partial charge is 0.422 e. The predicted octanol–water partition coefficient (Wildman–Crippen LogP) is 12.8. The van der Waals surface area contributed by atoms with Gasteiger partial charge in [0, 0.05) is 26.1 Å². The van der Waals surface area contributed by atoms with Crippen LogP contribution in [-0.2, 0) is 0 Å². The SMILES string of the molecule is CC(C)(C)[PH+](c1cc(OCC(F)(F)F)cc(OCC(F)(F)F)c1)C(C)(C)C.Cc1cc(C)c([B-](c2c(C)cc(C)cc2C)(c2c(C)cc(C)cc2C)c2c(C)cc(C)cc2C)c(C)c1. The summed E-state index contributed by atoms with van der Waals surface area (Å²) in [6.07, 6.45) is -10.6. The minimum atomic E-state index is -4.55. The first-order chi connectivity index (χ1) is 29.2. The third kappa shape index (κ3) is 12.2. The van der Waals surface area contributed by atoms with Gasteiger partial charge in [0.1, 0.15) is 17.6 Å². The second kappa shape index (κ2) is 19.3. The van der Waals surface area contributed by atoms with Crippen molar-refractivity contribution in [3.05, 3.63) is 133 Å². The van der Waals surface area contributed by atoms with Crippen LogP contribution in [0.4, 0.5) is 26.3 Å². The monoisotopic (exact) mass is 907 g/mol. The summed E-state index contributed by atoms with van der Waals surface area (Å²) >= 11 is 0. The molecule has 0 atom stereocenters. The molecule has 0 heterocycles. The average Bonchev–Trinajstić information content (AvgIpc) is 3.06. The molecule has 2 nitrogen and oxygen atoms in total. The van der Waals surface area contributed by atoms with Crippen molar-refractivity contribution in [3.8, 4) is 11.5 Å². The quantitative estimate of drug-likeness (QED) is 0.0833. The molecule has 0 saturated carbocycles. The van der Waals surface area contributed by atoms with Gasteiger partial charge in [-0.2, -0.15) is 48.2 Å². The molecule has 0 aliphatic carbocycles. The normalized spacial score (nSPS) is 12.6. The van der Waals surface area contributed by atoms with Crippen molar-refractivity contribution in [2.45, 2.75) is 147 Å². The second-order valence-electron chi connectivity index (χ2n) is 20.5. The molecule has 5 aromatic rings. The molecular formula is C54H70BF6O2P. The molecule has 0 unspecified atom stereocenters. The Morgan fingerprint density at radius 1 is 0.375 bits per heavy atom. The first-order valence-corrected chi connectivity index (χ1v) is 23.6. The standard InChI is InChI=1S/C36H44B.C18H25F6O2P/c1-21-13-25(5)33(26(6)14-21)37(34-27(7)15-22(2)16-28(34)8,35-29(9)17-23(3)18-30(35)10)36-31(11)19-24(4)20-32(36)12;1-15(2,3)27(16(4,5)6)14-8-12(25-10-17(19,20)21)7-13(9-14)26-11-18(22,23)24/h13-20H,1-12H3;7-9H,10-11H2,1-6H3/q-1;/p+1. The van der Waals surface area contributed by atoms with Gasteiger partial charge in [-0.3, -0.25) is 0 Å². The number of benzene rings is 5. The van der Waals surface area contributed by atoms with E-state index in [0.717, 1.165) is 6.07 Å². The van der Waals surface area contributed by atoms with Crippen LogP contribution in [-0.4, -0.2) is 42.0 Å². The third-order valence-corrected chi connectivity index (χ3v) is 16.0. The molecule has 0 bridgehead atoms. The largest absolute Gasteiger partial charge is 0.484 e. The average molecular weight is 907 g/mol. The lowest BCUT2D eigenvalue weighted by Crippen LogP contribution is -2.78. The zero-order chi connectivity index (χ0) is 48.7. The molecule has 0 N–H and O–H groups in total. The van der Waals surface area contributed by atoms with E-state index in [4.69, 9.17) is 9.47 Å². The van der Waals surface area contributed by atoms with E-state index in [9.17, 15) is 26.3 Å². The van der Waals surface area contributed by atoms with E-state index in [1.54, 1.807) is 0 Å². The van der Waals surface area contributed by atoms with Gasteiger partial charge in [-0.1, -0.05) is 115 Å². The van der Waals surface area contributed by atoms with Crippen LogP contribution in [0.1, 0.15) is 108 Å². The van der Waals surface area contributed by atoms with Crippen LogP contribution < -0.4 is 36.6 Å². The summed E-state index contributed by atoms with van der Waals surface area (Å²) in [5.41, 5.74) is 22.4. The number of alkyl halides is 6. The summed E-state index contributed by atoms with van der Waals surface area (Å²) in [4.78, 5) is 0. The van der Waals surface area contributed by atoms with Crippen molar-refractivity contribution >= 4 is 41.2 Å². The van der Waals surface area contributed by atoms with Crippen molar-refractivity contribution < 1.29 is 35.8 Å². The van der Waals surface area contributed by atoms with Gasteiger partial charge in [-0.15, -0.1) is 0 Å². The van der Waals surface area contributed by atoms with E-state index >= 15 is 0 Å². The highest BCUT2D eigenvalue weighted by Gasteiger charge is 2.45. The second-order valence-corrected chi connectivity index (χ2v) is 24.8. The summed E-state index contributed by atoms with van der Waals surface area (Å²) in [6, 6.07) is 23.2. The van der Waals surface area contributed by atoms with Crippen molar-refractivity contribution in [1.82, 2.24) is 0 Å². The molecular weight excluding hydrogens is 836 g/mol. The van der Waals surface area contributed by atoms with Crippen molar-refractivity contribution in [1.29, 1.82) is 0 Å². The minimum Gasteiger partial charge on any atom is -0.484 e. The van der Waals surface area contributed by atoms with Crippen LogP contribution in [0.15, 0.2) is 66.7 Å². The minimum absolute atomic E-state index is 0.155. The zero-order valence-corrected chi connectivity index (χ0v) is 42.4. The summed E-state index contributed by atoms with van der Waals surface area (Å²) in [6.45, 7) is 36.6. The third-order valence-electron chi connectivity index (χ3n) is 12.2. The number of rotatable bonds is 9. The lowest BCUT2D eigenvalue weighted by atomic mass is 9.10. The van der Waals surface area contributed by atoms with E-state index in [0.29, 0.717) is 5.30 Å². The Labute approximate surface area is 381 Å². The topological polar surface area (TPSA) is 18.5 Å². The van der Waals surface area contributed by atoms with Crippen LogP contribution in [0.5, 0.6) is 11.5 Å². The summed E-state index contributed by atoms with van der Waals surface area (Å²) in [7, 11) is -1.43. The fourth-order valence-electron chi connectivity index (χ4n) is 11.6. The van der Waals surface area contributed by atoms with Gasteiger partial charge in [0.2, 0.25) is 0 Å². The van der Waals surface area contributed by atoms with Crippen LogP contribution in [0.2, 0.25) is 0 Å². The molecule has 64 heavy (non-hydrogen) atoms. The number of ether oxygens (including phenoxy) is 2. The fourth-order valence-corrected chi connectivity index (χ4v) is 16.1. The van der Waals surface area contributed by atoms with E-state index in [-0.39, 0.29) is 21.8 Å². The van der Waals surface area contributed by atoms with Gasteiger partial charge in [0.05, 0.1) is 15.6 Å². The van der Waals surface area contributed by atoms with Gasteiger partial charge in [-0.25, -0.2) is 0 Å². The van der Waals surface area contributed by atoms with Crippen LogP contribution in [0.3, 0.4) is 0 Å². The highest BCUT2D eigenvalue weighted by molar-refractivity contribution is 7.68. The Kier molecular flexibility index (Phi) is 15.8. The Balaban J connectivity index is 0.000000296. The van der Waals surface area contributed by atoms with Crippen molar-refractivity contribution in [2.24, 2.45) is 0 Å². The summed E-state index contributed by atoms with van der Waals surface area (Å²) in [5.74, 6) is -0.309. The van der Waals surface area contributed by atoms with Crippen LogP contribution >= 0.6 is 7.92 Å². The lowest BCUT2D eigenvalue weighted by Gasteiger charge is -2.51. The van der Waals surface area contributed by atoms with Gasteiger partial charge >= 0.3 is 12.4 Å². The zero-order valence-electron chi connectivity index (χ0n) is 41.4. The molecule has 0 radical (unpaired) electrons. The summed E-state index contributed by atoms with van der Waals surface area (Å²) < 4.78 is 84.5. The van der Waals surface area contributed by atoms with E-state index in [1.165, 1.54) is 101 Å². The van der Waals surface area contributed by atoms with Crippen molar-refractivity contribution in [3.63, 3.8) is 0 Å². The van der Waals surface area contributed by atoms with E-state index in [2.05, 4.69) is 132 Å². The molecule has 0 aliphatic rings. The first-order valence-electron chi connectivity index (χ1n) is 22.1. The van der Waals surface area contributed by atoms with Gasteiger partial charge in [0.15, 0.2) is 13.2 Å².